The molecule has 23 heavy (non-hydrogen) atoms. The average Bonchev–Trinajstić information content (AvgIpc) is 2.97. The highest BCUT2D eigenvalue weighted by Gasteiger charge is 2.60. The normalized spacial score (nSPS) is 35.5. The first-order valence-electron chi connectivity index (χ1n) is 8.33. The lowest BCUT2D eigenvalue weighted by atomic mass is 9.65. The fraction of sp³-hybridized carbons (Fsp3) is 0.556. The zero-order chi connectivity index (χ0) is 16.2. The molecule has 0 aromatic heterocycles. The van der Waals surface area contributed by atoms with E-state index >= 15 is 0 Å². The topological polar surface area (TPSA) is 86.0 Å². The predicted octanol–water partition coefficient (Wildman–Crippen LogP) is 2.38. The van der Waals surface area contributed by atoms with Gasteiger partial charge in [-0.15, -0.1) is 0 Å². The molecule has 0 amide bonds. The number of fused-ring (bicyclic) bond motifs is 3. The van der Waals surface area contributed by atoms with Crippen LogP contribution >= 0.6 is 0 Å². The summed E-state index contributed by atoms with van der Waals surface area (Å²) in [5.41, 5.74) is 15.7. The van der Waals surface area contributed by atoms with Gasteiger partial charge >= 0.3 is 0 Å². The molecule has 5 nitrogen and oxygen atoms in total. The lowest BCUT2D eigenvalue weighted by Crippen LogP contribution is -2.43. The molecule has 1 saturated carbocycles. The van der Waals surface area contributed by atoms with E-state index in [9.17, 15) is 0 Å². The Morgan fingerprint density at radius 3 is 2.52 bits per heavy atom. The van der Waals surface area contributed by atoms with Crippen LogP contribution in [0.5, 0.6) is 0 Å². The first-order chi connectivity index (χ1) is 11.0. The van der Waals surface area contributed by atoms with Crippen LogP contribution < -0.4 is 11.5 Å². The fourth-order valence-corrected chi connectivity index (χ4v) is 4.69. The quantitative estimate of drug-likeness (QED) is 0.781. The van der Waals surface area contributed by atoms with Crippen LogP contribution in [-0.2, 0) is 16.8 Å². The van der Waals surface area contributed by atoms with Crippen LogP contribution in [0.15, 0.2) is 28.2 Å². The van der Waals surface area contributed by atoms with Gasteiger partial charge in [-0.1, -0.05) is 6.07 Å². The molecule has 1 fully saturated rings. The first kappa shape index (κ1) is 14.7. The molecule has 3 aliphatic rings. The van der Waals surface area contributed by atoms with Crippen molar-refractivity contribution in [2.24, 2.45) is 21.1 Å². The lowest BCUT2D eigenvalue weighted by molar-refractivity contribution is -0.000370. The summed E-state index contributed by atoms with van der Waals surface area (Å²) in [6.45, 7) is 1.95. The first-order valence-corrected chi connectivity index (χ1v) is 8.33. The molecule has 2 aliphatic carbocycles. The molecule has 0 bridgehead atoms. The van der Waals surface area contributed by atoms with E-state index in [0.29, 0.717) is 11.9 Å². The largest absolute Gasteiger partial charge is 0.399 e. The minimum Gasteiger partial charge on any atom is -0.399 e. The molecule has 1 atom stereocenters. The molecule has 1 aliphatic heterocycles. The number of hydrogen-bond acceptors (Lipinski definition) is 5. The third-order valence-electron chi connectivity index (χ3n) is 5.98. The highest BCUT2D eigenvalue weighted by molar-refractivity contribution is 6.41. The monoisotopic (exact) mass is 312 g/mol. The molecule has 0 saturated heterocycles. The van der Waals surface area contributed by atoms with E-state index in [1.54, 1.807) is 7.11 Å². The second-order valence-electron chi connectivity index (χ2n) is 7.18. The van der Waals surface area contributed by atoms with E-state index in [-0.39, 0.29) is 5.41 Å². The van der Waals surface area contributed by atoms with E-state index in [4.69, 9.17) is 26.2 Å². The maximum atomic E-state index is 6.13. The molecule has 1 aromatic rings. The summed E-state index contributed by atoms with van der Waals surface area (Å²) in [6.07, 6.45) is 5.53. The number of nitrogens with two attached hydrogens (primary N) is 2. The van der Waals surface area contributed by atoms with Crippen LogP contribution in [0, 0.1) is 5.41 Å². The van der Waals surface area contributed by atoms with Crippen molar-refractivity contribution in [1.82, 2.24) is 0 Å². The Balaban J connectivity index is 1.86. The second-order valence-corrected chi connectivity index (χ2v) is 7.18. The van der Waals surface area contributed by atoms with Gasteiger partial charge in [0.05, 0.1) is 11.8 Å². The molecule has 122 valence electrons. The van der Waals surface area contributed by atoms with Crippen molar-refractivity contribution in [3.8, 4) is 0 Å². The molecule has 0 radical (unpaired) electrons. The molecule has 4 N–H and O–H groups in total. The standard InChI is InChI=1S/C18H24N4O/c1-11-16(20)22-18(21-11)15-9-13(19)4-3-12(15)10-17(18)7-5-14(23-2)6-8-17/h3-4,9,14H,5-8,10,19H2,1-2H3,(H2,20,22)/t14-,17-,18?. The SMILES string of the molecule is CO[C@H]1CC[C@]2(CC1)Cc1ccc(N)cc1C21N=C(C)C(N)=N1. The Kier molecular flexibility index (Phi) is 3.07. The number of methoxy groups -OCH3 is 1. The highest BCUT2D eigenvalue weighted by atomic mass is 16.5. The van der Waals surface area contributed by atoms with Gasteiger partial charge in [0.15, 0.2) is 5.66 Å². The third-order valence-corrected chi connectivity index (χ3v) is 5.98. The van der Waals surface area contributed by atoms with Crippen LogP contribution in [0.2, 0.25) is 0 Å². The second kappa shape index (κ2) is 4.81. The maximum absolute atomic E-state index is 6.13. The number of amidine groups is 1. The van der Waals surface area contributed by atoms with E-state index in [1.165, 1.54) is 5.56 Å². The molecular weight excluding hydrogens is 288 g/mol. The Morgan fingerprint density at radius 2 is 1.91 bits per heavy atom. The number of anilines is 1. The van der Waals surface area contributed by atoms with Crippen LogP contribution in [0.25, 0.3) is 0 Å². The van der Waals surface area contributed by atoms with Gasteiger partial charge in [0.2, 0.25) is 0 Å². The summed E-state index contributed by atoms with van der Waals surface area (Å²) < 4.78 is 5.57. The third kappa shape index (κ3) is 1.89. The van der Waals surface area contributed by atoms with Crippen molar-refractivity contribution in [2.75, 3.05) is 12.8 Å². The smallest absolute Gasteiger partial charge is 0.184 e. The molecule has 2 spiro atoms. The van der Waals surface area contributed by atoms with Gasteiger partial charge in [0, 0.05) is 23.8 Å². The summed E-state index contributed by atoms with van der Waals surface area (Å²) in [6, 6.07) is 6.16. The van der Waals surface area contributed by atoms with Crippen LogP contribution in [0.1, 0.15) is 43.7 Å². The molecule has 4 rings (SSSR count). The zero-order valence-electron chi connectivity index (χ0n) is 13.8. The molecular formula is C18H24N4O. The zero-order valence-corrected chi connectivity index (χ0v) is 13.8. The van der Waals surface area contributed by atoms with Crippen molar-refractivity contribution in [1.29, 1.82) is 0 Å². The number of benzene rings is 1. The number of nitrogen functional groups attached to an aromatic ring is 1. The summed E-state index contributed by atoms with van der Waals surface area (Å²) in [5, 5.41) is 0. The summed E-state index contributed by atoms with van der Waals surface area (Å²) in [5.74, 6) is 0.563. The van der Waals surface area contributed by atoms with Crippen molar-refractivity contribution in [3.05, 3.63) is 29.3 Å². The Bertz CT molecular complexity index is 696. The lowest BCUT2D eigenvalue weighted by Gasteiger charge is -2.44. The molecule has 5 heteroatoms. The summed E-state index contributed by atoms with van der Waals surface area (Å²) >= 11 is 0. The van der Waals surface area contributed by atoms with Gasteiger partial charge in [-0.2, -0.15) is 0 Å². The number of aliphatic imine (C=N–C) groups is 2. The molecule has 1 unspecified atom stereocenters. The van der Waals surface area contributed by atoms with Gasteiger partial charge in [-0.25, -0.2) is 4.99 Å². The van der Waals surface area contributed by atoms with Crippen molar-refractivity contribution in [2.45, 2.75) is 50.8 Å². The van der Waals surface area contributed by atoms with Crippen LogP contribution in [0.4, 0.5) is 5.69 Å². The number of rotatable bonds is 1. The van der Waals surface area contributed by atoms with E-state index in [0.717, 1.165) is 49.1 Å². The van der Waals surface area contributed by atoms with Gasteiger partial charge < -0.3 is 16.2 Å². The van der Waals surface area contributed by atoms with Gasteiger partial charge in [0.25, 0.3) is 0 Å². The molecule has 1 aromatic carbocycles. The van der Waals surface area contributed by atoms with Gasteiger partial charge in [-0.05, 0) is 56.7 Å². The van der Waals surface area contributed by atoms with Gasteiger partial charge in [0.1, 0.15) is 5.84 Å². The molecule has 1 heterocycles. The van der Waals surface area contributed by atoms with Crippen LogP contribution in [0.3, 0.4) is 0 Å². The number of ether oxygens (including phenoxy) is 1. The maximum Gasteiger partial charge on any atom is 0.184 e. The van der Waals surface area contributed by atoms with Crippen molar-refractivity contribution < 1.29 is 4.74 Å². The fourth-order valence-electron chi connectivity index (χ4n) is 4.69. The van der Waals surface area contributed by atoms with Gasteiger partial charge in [-0.3, -0.25) is 4.99 Å². The summed E-state index contributed by atoms with van der Waals surface area (Å²) in [4.78, 5) is 9.91. The Labute approximate surface area is 136 Å². The minimum atomic E-state index is -0.579. The number of hydrogen-bond donors (Lipinski definition) is 2. The van der Waals surface area contributed by atoms with Crippen LogP contribution in [-0.4, -0.2) is 24.8 Å². The average molecular weight is 312 g/mol. The number of nitrogens with zero attached hydrogens (tertiary/aromatic N) is 2. The Morgan fingerprint density at radius 1 is 1.17 bits per heavy atom. The van der Waals surface area contributed by atoms with E-state index in [1.807, 2.05) is 19.1 Å². The Hall–Kier alpha value is -1.88. The minimum absolute atomic E-state index is 0.000532. The summed E-state index contributed by atoms with van der Waals surface area (Å²) in [7, 11) is 1.80. The van der Waals surface area contributed by atoms with E-state index in [2.05, 4.69) is 6.07 Å². The highest BCUT2D eigenvalue weighted by Crippen LogP contribution is 2.61. The van der Waals surface area contributed by atoms with Crippen molar-refractivity contribution in [3.63, 3.8) is 0 Å². The predicted molar refractivity (Wildman–Crippen MR) is 92.7 cm³/mol. The van der Waals surface area contributed by atoms with E-state index < -0.39 is 5.66 Å². The van der Waals surface area contributed by atoms with Crippen molar-refractivity contribution >= 4 is 17.2 Å².